The number of aromatic nitrogens is 2. The molecule has 0 radical (unpaired) electrons. The van der Waals surface area contributed by atoms with Crippen molar-refractivity contribution < 1.29 is 0 Å². The van der Waals surface area contributed by atoms with E-state index >= 15 is 0 Å². The molecule has 0 aliphatic rings. The van der Waals surface area contributed by atoms with E-state index in [0.29, 0.717) is 6.04 Å². The number of nitrogens with one attached hydrogen (secondary N) is 1. The summed E-state index contributed by atoms with van der Waals surface area (Å²) in [6.07, 6.45) is 6.18. The molecular formula is C15H23N3S. The molecule has 0 aliphatic carbocycles. The smallest absolute Gasteiger partial charge is 0.108 e. The average Bonchev–Trinajstić information content (AvgIpc) is 2.98. The molecule has 2 aromatic heterocycles. The molecule has 2 aromatic rings. The molecule has 0 aliphatic heterocycles. The molecule has 0 fully saturated rings. The van der Waals surface area contributed by atoms with E-state index < -0.39 is 0 Å². The largest absolute Gasteiger partial charge is 0.330 e. The maximum atomic E-state index is 4.42. The monoisotopic (exact) mass is 277 g/mol. The Bertz CT molecular complexity index is 499. The molecule has 0 bridgehead atoms. The molecule has 0 atom stereocenters. The Kier molecular flexibility index (Phi) is 5.16. The maximum absolute atomic E-state index is 4.42. The zero-order valence-electron chi connectivity index (χ0n) is 12.0. The third kappa shape index (κ3) is 4.18. The Morgan fingerprint density at radius 3 is 2.84 bits per heavy atom. The highest BCUT2D eigenvalue weighted by molar-refractivity contribution is 7.11. The normalized spacial score (nSPS) is 11.4. The van der Waals surface area contributed by atoms with Gasteiger partial charge in [-0.15, -0.1) is 11.3 Å². The molecular weight excluding hydrogens is 254 g/mol. The summed E-state index contributed by atoms with van der Waals surface area (Å²) in [5.41, 5.74) is 0. The van der Waals surface area contributed by atoms with Gasteiger partial charge in [-0.1, -0.05) is 20.8 Å². The predicted octanol–water partition coefficient (Wildman–Crippen LogP) is 3.44. The quantitative estimate of drug-likeness (QED) is 0.840. The summed E-state index contributed by atoms with van der Waals surface area (Å²) in [5.74, 6) is 1.19. The average molecular weight is 277 g/mol. The second-order valence-electron chi connectivity index (χ2n) is 5.12. The van der Waals surface area contributed by atoms with Gasteiger partial charge >= 0.3 is 0 Å². The van der Waals surface area contributed by atoms with Crippen LogP contribution < -0.4 is 5.32 Å². The van der Waals surface area contributed by atoms with Gasteiger partial charge < -0.3 is 9.88 Å². The third-order valence-electron chi connectivity index (χ3n) is 3.00. The summed E-state index contributed by atoms with van der Waals surface area (Å²) < 4.78 is 2.26. The number of thiophene rings is 1. The molecule has 2 heterocycles. The van der Waals surface area contributed by atoms with E-state index in [-0.39, 0.29) is 0 Å². The number of hydrogen-bond acceptors (Lipinski definition) is 3. The van der Waals surface area contributed by atoms with Crippen LogP contribution in [0.4, 0.5) is 0 Å². The van der Waals surface area contributed by atoms with Crippen LogP contribution in [0.25, 0.3) is 0 Å². The Morgan fingerprint density at radius 2 is 2.11 bits per heavy atom. The summed E-state index contributed by atoms with van der Waals surface area (Å²) in [6, 6.07) is 5.00. The highest BCUT2D eigenvalue weighted by Gasteiger charge is 2.05. The van der Waals surface area contributed by atoms with E-state index in [1.165, 1.54) is 15.6 Å². The topological polar surface area (TPSA) is 29.9 Å². The second-order valence-corrected chi connectivity index (χ2v) is 6.38. The van der Waals surface area contributed by atoms with Crippen molar-refractivity contribution in [2.75, 3.05) is 0 Å². The zero-order valence-corrected chi connectivity index (χ0v) is 12.8. The molecule has 104 valence electrons. The number of imidazole rings is 1. The number of aryl methyl sites for hydroxylation is 1. The van der Waals surface area contributed by atoms with Crippen molar-refractivity contribution in [1.29, 1.82) is 0 Å². The van der Waals surface area contributed by atoms with E-state index in [1.807, 2.05) is 17.5 Å². The lowest BCUT2D eigenvalue weighted by Crippen LogP contribution is -2.21. The summed E-state index contributed by atoms with van der Waals surface area (Å²) >= 11 is 1.89. The molecule has 0 saturated heterocycles. The fourth-order valence-corrected chi connectivity index (χ4v) is 2.98. The highest BCUT2D eigenvalue weighted by atomic mass is 32.1. The fraction of sp³-hybridized carbons (Fsp3) is 0.533. The minimum atomic E-state index is 0.537. The number of nitrogens with zero attached hydrogens (tertiary/aromatic N) is 2. The summed E-state index contributed by atoms with van der Waals surface area (Å²) in [6.45, 7) is 8.46. The van der Waals surface area contributed by atoms with Crippen molar-refractivity contribution in [3.8, 4) is 0 Å². The first-order chi connectivity index (χ1) is 9.19. The Hall–Kier alpha value is -1.13. The molecule has 2 rings (SSSR count). The standard InChI is InChI=1S/C15H23N3S/c1-4-5-15-16-8-9-18(15)11-14-7-6-13(19-14)10-17-12(2)3/h6-9,12,17H,4-5,10-11H2,1-3H3. The highest BCUT2D eigenvalue weighted by Crippen LogP contribution is 2.18. The Balaban J connectivity index is 1.97. The van der Waals surface area contributed by atoms with E-state index in [2.05, 4.69) is 54.0 Å². The first kappa shape index (κ1) is 14.3. The van der Waals surface area contributed by atoms with Crippen LogP contribution in [0.5, 0.6) is 0 Å². The van der Waals surface area contributed by atoms with E-state index in [0.717, 1.165) is 25.9 Å². The van der Waals surface area contributed by atoms with Gasteiger partial charge in [0.15, 0.2) is 0 Å². The Morgan fingerprint density at radius 1 is 1.32 bits per heavy atom. The molecule has 1 N–H and O–H groups in total. The molecule has 0 saturated carbocycles. The van der Waals surface area contributed by atoms with Gasteiger partial charge in [0.25, 0.3) is 0 Å². The van der Waals surface area contributed by atoms with Crippen LogP contribution in [0, 0.1) is 0 Å². The van der Waals surface area contributed by atoms with Crippen molar-refractivity contribution in [1.82, 2.24) is 14.9 Å². The zero-order chi connectivity index (χ0) is 13.7. The third-order valence-corrected chi connectivity index (χ3v) is 4.07. The van der Waals surface area contributed by atoms with Gasteiger partial charge in [-0.3, -0.25) is 0 Å². The van der Waals surface area contributed by atoms with Crippen molar-refractivity contribution in [3.05, 3.63) is 40.1 Å². The first-order valence-corrected chi connectivity index (χ1v) is 7.81. The van der Waals surface area contributed by atoms with E-state index in [4.69, 9.17) is 0 Å². The van der Waals surface area contributed by atoms with Gasteiger partial charge in [-0.25, -0.2) is 4.98 Å². The van der Waals surface area contributed by atoms with Crippen LogP contribution in [-0.2, 0) is 19.5 Å². The molecule has 0 unspecified atom stereocenters. The van der Waals surface area contributed by atoms with Gasteiger partial charge in [0, 0.05) is 41.2 Å². The Labute approximate surface area is 119 Å². The predicted molar refractivity (Wildman–Crippen MR) is 81.6 cm³/mol. The lowest BCUT2D eigenvalue weighted by molar-refractivity contribution is 0.593. The molecule has 0 spiro atoms. The molecule has 0 amide bonds. The molecule has 19 heavy (non-hydrogen) atoms. The van der Waals surface area contributed by atoms with Crippen LogP contribution in [-0.4, -0.2) is 15.6 Å². The van der Waals surface area contributed by atoms with Crippen LogP contribution in [0.2, 0.25) is 0 Å². The van der Waals surface area contributed by atoms with Gasteiger partial charge in [0.2, 0.25) is 0 Å². The van der Waals surface area contributed by atoms with Crippen molar-refractivity contribution >= 4 is 11.3 Å². The maximum Gasteiger partial charge on any atom is 0.108 e. The first-order valence-electron chi connectivity index (χ1n) is 7.00. The number of rotatable bonds is 7. The van der Waals surface area contributed by atoms with Crippen molar-refractivity contribution in [2.45, 2.75) is 52.7 Å². The van der Waals surface area contributed by atoms with E-state index in [1.54, 1.807) is 0 Å². The summed E-state index contributed by atoms with van der Waals surface area (Å²) in [7, 11) is 0. The lowest BCUT2D eigenvalue weighted by atomic mass is 10.3. The second kappa shape index (κ2) is 6.87. The van der Waals surface area contributed by atoms with Gasteiger partial charge in [0.05, 0.1) is 6.54 Å². The molecule has 4 heteroatoms. The lowest BCUT2D eigenvalue weighted by Gasteiger charge is -2.06. The molecule has 0 aromatic carbocycles. The minimum Gasteiger partial charge on any atom is -0.330 e. The fourth-order valence-electron chi connectivity index (χ4n) is 2.01. The number of hydrogen-bond donors (Lipinski definition) is 1. The van der Waals surface area contributed by atoms with Crippen LogP contribution in [0.3, 0.4) is 0 Å². The summed E-state index contributed by atoms with van der Waals surface area (Å²) in [5, 5.41) is 3.46. The summed E-state index contributed by atoms with van der Waals surface area (Å²) in [4.78, 5) is 7.23. The SMILES string of the molecule is CCCc1nccn1Cc1ccc(CNC(C)C)s1. The van der Waals surface area contributed by atoms with Crippen molar-refractivity contribution in [3.63, 3.8) is 0 Å². The molecule has 3 nitrogen and oxygen atoms in total. The van der Waals surface area contributed by atoms with Crippen molar-refractivity contribution in [2.24, 2.45) is 0 Å². The van der Waals surface area contributed by atoms with E-state index in [9.17, 15) is 0 Å². The van der Waals surface area contributed by atoms with Crippen LogP contribution in [0.15, 0.2) is 24.5 Å². The van der Waals surface area contributed by atoms with Gasteiger partial charge in [-0.05, 0) is 18.6 Å². The van der Waals surface area contributed by atoms with Crippen LogP contribution in [0.1, 0.15) is 42.8 Å². The minimum absolute atomic E-state index is 0.537. The van der Waals surface area contributed by atoms with Gasteiger partial charge in [0.1, 0.15) is 5.82 Å². The van der Waals surface area contributed by atoms with Crippen LogP contribution >= 0.6 is 11.3 Å². The van der Waals surface area contributed by atoms with Gasteiger partial charge in [-0.2, -0.15) is 0 Å².